The number of aromatic nitrogens is 2. The normalized spacial score (nSPS) is 13.7. The van der Waals surface area contributed by atoms with Gasteiger partial charge in [-0.1, -0.05) is 18.2 Å². The Kier molecular flexibility index (Phi) is 4.66. The average Bonchev–Trinajstić information content (AvgIpc) is 3.31. The van der Waals surface area contributed by atoms with Crippen LogP contribution in [0.3, 0.4) is 0 Å². The van der Waals surface area contributed by atoms with E-state index in [1.807, 2.05) is 6.07 Å². The van der Waals surface area contributed by atoms with Crippen LogP contribution in [0.25, 0.3) is 0 Å². The maximum absolute atomic E-state index is 13.0. The van der Waals surface area contributed by atoms with Crippen LogP contribution in [0, 0.1) is 18.3 Å². The molecule has 0 fully saturated rings. The lowest BCUT2D eigenvalue weighted by Crippen LogP contribution is -2.27. The standard InChI is InChI=1S/C20H17N5O3S/c1-13-4-2-3-5-18(13)29(27,28)25-11-16-17(12-25)23-24-19(16)22-20(26)15-8-6-14(10-21)7-9-15/h2-9H,11-12H2,1H3,(H2,22,23,24,26). The van der Waals surface area contributed by atoms with Gasteiger partial charge in [0.25, 0.3) is 5.91 Å². The number of anilines is 1. The number of sulfonamides is 1. The number of benzene rings is 2. The minimum Gasteiger partial charge on any atom is -0.305 e. The van der Waals surface area contributed by atoms with Crippen LogP contribution in [-0.4, -0.2) is 28.8 Å². The number of aryl methyl sites for hydroxylation is 1. The van der Waals surface area contributed by atoms with Crippen LogP contribution >= 0.6 is 0 Å². The molecule has 4 rings (SSSR count). The Balaban J connectivity index is 1.54. The van der Waals surface area contributed by atoms with Crippen LogP contribution in [0.15, 0.2) is 53.4 Å². The van der Waals surface area contributed by atoms with Crippen molar-refractivity contribution in [2.24, 2.45) is 0 Å². The maximum atomic E-state index is 13.0. The van der Waals surface area contributed by atoms with E-state index in [-0.39, 0.29) is 23.9 Å². The molecule has 0 aliphatic carbocycles. The summed E-state index contributed by atoms with van der Waals surface area (Å²) in [5.41, 5.74) is 2.80. The molecule has 0 saturated heterocycles. The molecule has 8 nitrogen and oxygen atoms in total. The lowest BCUT2D eigenvalue weighted by Gasteiger charge is -2.17. The van der Waals surface area contributed by atoms with E-state index in [9.17, 15) is 13.2 Å². The Bertz CT molecular complexity index is 1240. The second kappa shape index (κ2) is 7.16. The molecule has 2 heterocycles. The Morgan fingerprint density at radius 1 is 1.17 bits per heavy atom. The summed E-state index contributed by atoms with van der Waals surface area (Å²) >= 11 is 0. The van der Waals surface area contributed by atoms with Crippen molar-refractivity contribution in [3.8, 4) is 6.07 Å². The number of nitrogens with one attached hydrogen (secondary N) is 2. The van der Waals surface area contributed by atoms with Gasteiger partial charge < -0.3 is 5.32 Å². The number of carbonyl (C=O) groups is 1. The van der Waals surface area contributed by atoms with Crippen molar-refractivity contribution in [1.82, 2.24) is 14.5 Å². The molecule has 0 atom stereocenters. The van der Waals surface area contributed by atoms with Crippen molar-refractivity contribution in [1.29, 1.82) is 5.26 Å². The number of nitriles is 1. The Labute approximate surface area is 167 Å². The molecule has 2 N–H and O–H groups in total. The van der Waals surface area contributed by atoms with Gasteiger partial charge in [-0.3, -0.25) is 9.89 Å². The first-order valence-corrected chi connectivity index (χ1v) is 10.3. The van der Waals surface area contributed by atoms with Gasteiger partial charge in [0.05, 0.1) is 28.8 Å². The fourth-order valence-corrected chi connectivity index (χ4v) is 4.85. The third kappa shape index (κ3) is 3.40. The number of fused-ring (bicyclic) bond motifs is 1. The van der Waals surface area contributed by atoms with Gasteiger partial charge in [0.2, 0.25) is 10.0 Å². The van der Waals surface area contributed by atoms with E-state index < -0.39 is 10.0 Å². The summed E-state index contributed by atoms with van der Waals surface area (Å²) in [5, 5.41) is 18.5. The summed E-state index contributed by atoms with van der Waals surface area (Å²) in [4.78, 5) is 12.7. The number of hydrogen-bond acceptors (Lipinski definition) is 5. The van der Waals surface area contributed by atoms with Crippen molar-refractivity contribution in [2.45, 2.75) is 24.9 Å². The summed E-state index contributed by atoms with van der Waals surface area (Å²) in [6.45, 7) is 2.03. The summed E-state index contributed by atoms with van der Waals surface area (Å²) in [6, 6.07) is 15.0. The molecule has 1 aliphatic heterocycles. The van der Waals surface area contributed by atoms with Gasteiger partial charge >= 0.3 is 0 Å². The summed E-state index contributed by atoms with van der Waals surface area (Å²) in [7, 11) is -3.67. The molecule has 0 radical (unpaired) electrons. The van der Waals surface area contributed by atoms with E-state index >= 15 is 0 Å². The number of aromatic amines is 1. The van der Waals surface area contributed by atoms with Crippen LogP contribution in [0.5, 0.6) is 0 Å². The van der Waals surface area contributed by atoms with Crippen molar-refractivity contribution < 1.29 is 13.2 Å². The van der Waals surface area contributed by atoms with Crippen LogP contribution in [0.4, 0.5) is 5.82 Å². The molecule has 1 aromatic heterocycles. The molecule has 0 bridgehead atoms. The largest absolute Gasteiger partial charge is 0.305 e. The van der Waals surface area contributed by atoms with E-state index in [0.29, 0.717) is 33.8 Å². The topological polar surface area (TPSA) is 119 Å². The van der Waals surface area contributed by atoms with Gasteiger partial charge in [0.15, 0.2) is 5.82 Å². The molecule has 29 heavy (non-hydrogen) atoms. The zero-order valence-electron chi connectivity index (χ0n) is 15.5. The average molecular weight is 407 g/mol. The van der Waals surface area contributed by atoms with Gasteiger partial charge in [0, 0.05) is 17.7 Å². The number of rotatable bonds is 4. The first-order chi connectivity index (χ1) is 13.9. The molecular formula is C20H17N5O3S. The van der Waals surface area contributed by atoms with Crippen molar-refractivity contribution in [3.63, 3.8) is 0 Å². The Morgan fingerprint density at radius 3 is 2.59 bits per heavy atom. The fraction of sp³-hybridized carbons (Fsp3) is 0.150. The summed E-state index contributed by atoms with van der Waals surface area (Å²) in [5.74, 6) is -0.0826. The van der Waals surface area contributed by atoms with Gasteiger partial charge in [0.1, 0.15) is 0 Å². The maximum Gasteiger partial charge on any atom is 0.256 e. The Hall–Kier alpha value is -3.48. The molecule has 9 heteroatoms. The van der Waals surface area contributed by atoms with Crippen LogP contribution in [-0.2, 0) is 23.1 Å². The molecule has 0 spiro atoms. The van der Waals surface area contributed by atoms with E-state index in [0.717, 1.165) is 0 Å². The lowest BCUT2D eigenvalue weighted by molar-refractivity contribution is 0.102. The third-order valence-electron chi connectivity index (χ3n) is 4.84. The predicted molar refractivity (Wildman–Crippen MR) is 105 cm³/mol. The highest BCUT2D eigenvalue weighted by Gasteiger charge is 2.34. The second-order valence-corrected chi connectivity index (χ2v) is 8.62. The monoisotopic (exact) mass is 407 g/mol. The molecule has 0 saturated carbocycles. The van der Waals surface area contributed by atoms with Crippen molar-refractivity contribution >= 4 is 21.7 Å². The number of hydrogen-bond donors (Lipinski definition) is 2. The van der Waals surface area contributed by atoms with Crippen molar-refractivity contribution in [2.75, 3.05) is 5.32 Å². The minimum absolute atomic E-state index is 0.117. The van der Waals surface area contributed by atoms with Crippen LogP contribution in [0.1, 0.15) is 32.7 Å². The van der Waals surface area contributed by atoms with E-state index in [4.69, 9.17) is 5.26 Å². The van der Waals surface area contributed by atoms with Crippen LogP contribution in [0.2, 0.25) is 0 Å². The molecule has 1 amide bonds. The first-order valence-electron chi connectivity index (χ1n) is 8.83. The summed E-state index contributed by atoms with van der Waals surface area (Å²) in [6.07, 6.45) is 0. The van der Waals surface area contributed by atoms with Gasteiger partial charge in [-0.2, -0.15) is 14.7 Å². The van der Waals surface area contributed by atoms with Gasteiger partial charge in [-0.05, 0) is 42.8 Å². The molecular weight excluding hydrogens is 390 g/mol. The van der Waals surface area contributed by atoms with E-state index in [1.54, 1.807) is 55.5 Å². The predicted octanol–water partition coefficient (Wildman–Crippen LogP) is 2.55. The number of H-pyrrole nitrogens is 1. The minimum atomic E-state index is -3.67. The zero-order chi connectivity index (χ0) is 20.6. The number of nitrogens with zero attached hydrogens (tertiary/aromatic N) is 3. The molecule has 2 aromatic carbocycles. The highest BCUT2D eigenvalue weighted by atomic mass is 32.2. The van der Waals surface area contributed by atoms with Crippen molar-refractivity contribution in [3.05, 3.63) is 76.5 Å². The summed E-state index contributed by atoms with van der Waals surface area (Å²) < 4.78 is 27.4. The smallest absolute Gasteiger partial charge is 0.256 e. The molecule has 146 valence electrons. The zero-order valence-corrected chi connectivity index (χ0v) is 16.3. The Morgan fingerprint density at radius 2 is 1.90 bits per heavy atom. The molecule has 1 aliphatic rings. The fourth-order valence-electron chi connectivity index (χ4n) is 3.25. The van der Waals surface area contributed by atoms with Gasteiger partial charge in [-0.25, -0.2) is 8.42 Å². The van der Waals surface area contributed by atoms with Crippen LogP contribution < -0.4 is 5.32 Å². The third-order valence-corrected chi connectivity index (χ3v) is 6.79. The van der Waals surface area contributed by atoms with E-state index in [2.05, 4.69) is 15.5 Å². The lowest BCUT2D eigenvalue weighted by atomic mass is 10.1. The highest BCUT2D eigenvalue weighted by Crippen LogP contribution is 2.32. The molecule has 0 unspecified atom stereocenters. The number of carbonyl (C=O) groups excluding carboxylic acids is 1. The quantitative estimate of drug-likeness (QED) is 0.689. The first kappa shape index (κ1) is 18.9. The second-order valence-electron chi connectivity index (χ2n) is 6.71. The highest BCUT2D eigenvalue weighted by molar-refractivity contribution is 7.89. The van der Waals surface area contributed by atoms with E-state index in [1.165, 1.54) is 4.31 Å². The SMILES string of the molecule is Cc1ccccc1S(=O)(=O)N1Cc2[nH]nc(NC(=O)c3ccc(C#N)cc3)c2C1. The van der Waals surface area contributed by atoms with Gasteiger partial charge in [-0.15, -0.1) is 0 Å². The molecule has 3 aromatic rings. The number of amides is 1.